The van der Waals surface area contributed by atoms with Crippen LogP contribution in [0.1, 0.15) is 34.6 Å². The second-order valence-electron chi connectivity index (χ2n) is 6.70. The molecule has 32 heavy (non-hydrogen) atoms. The molecule has 180 valence electrons. The molecule has 0 bridgehead atoms. The molecule has 0 N–H and O–H groups in total. The molecule has 1 aliphatic rings. The van der Waals surface area contributed by atoms with Crippen LogP contribution in [0.2, 0.25) is 0 Å². The van der Waals surface area contributed by atoms with E-state index in [9.17, 15) is 24.0 Å². The van der Waals surface area contributed by atoms with E-state index < -0.39 is 67.2 Å². The van der Waals surface area contributed by atoms with Gasteiger partial charge in [0.2, 0.25) is 0 Å². The summed E-state index contributed by atoms with van der Waals surface area (Å²) in [6.45, 7) is 9.00. The Kier molecular flexibility index (Phi) is 10.8. The number of rotatable bonds is 10. The first-order valence-electron chi connectivity index (χ1n) is 9.73. The average molecular weight is 460 g/mol. The van der Waals surface area contributed by atoms with Gasteiger partial charge in [-0.05, 0) is 6.92 Å². The van der Waals surface area contributed by atoms with E-state index in [1.807, 2.05) is 0 Å². The van der Waals surface area contributed by atoms with Crippen molar-refractivity contribution in [2.45, 2.75) is 65.3 Å². The number of carbonyl (C=O) groups excluding carboxylic acids is 5. The van der Waals surface area contributed by atoms with E-state index in [1.165, 1.54) is 0 Å². The average Bonchev–Trinajstić information content (AvgIpc) is 2.67. The summed E-state index contributed by atoms with van der Waals surface area (Å²) < 4.78 is 36.8. The van der Waals surface area contributed by atoms with Gasteiger partial charge in [-0.2, -0.15) is 0 Å². The highest BCUT2D eigenvalue weighted by atomic mass is 16.7. The lowest BCUT2D eigenvalue weighted by atomic mass is 9.98. The van der Waals surface area contributed by atoms with Crippen LogP contribution in [0.5, 0.6) is 0 Å². The Hall–Kier alpha value is -2.99. The minimum Gasteiger partial charge on any atom is -0.463 e. The lowest BCUT2D eigenvalue weighted by molar-refractivity contribution is -0.306. The zero-order valence-corrected chi connectivity index (χ0v) is 18.6. The molecule has 0 radical (unpaired) electrons. The van der Waals surface area contributed by atoms with Gasteiger partial charge in [0.05, 0.1) is 18.8 Å². The van der Waals surface area contributed by atoms with Crippen LogP contribution in [0.4, 0.5) is 0 Å². The molecule has 0 aromatic rings. The lowest BCUT2D eigenvalue weighted by Gasteiger charge is -2.44. The Labute approximate surface area is 185 Å². The SMILES string of the molecule is C=C(CO[C@@H]1O[C@H](COC(C)=O)[C@@H](OC(C)=O)[C@H](OC(C)=O)[C@H]1OC(C)=O)C(=O)OCC. The van der Waals surface area contributed by atoms with Gasteiger partial charge in [0.1, 0.15) is 12.7 Å². The third kappa shape index (κ3) is 8.63. The topological polar surface area (TPSA) is 150 Å². The van der Waals surface area contributed by atoms with Crippen LogP contribution >= 0.6 is 0 Å². The van der Waals surface area contributed by atoms with Crippen LogP contribution in [-0.4, -0.2) is 80.4 Å². The molecule has 0 spiro atoms. The van der Waals surface area contributed by atoms with Crippen LogP contribution < -0.4 is 0 Å². The third-order valence-corrected chi connectivity index (χ3v) is 3.93. The van der Waals surface area contributed by atoms with Crippen molar-refractivity contribution in [3.63, 3.8) is 0 Å². The minimum atomic E-state index is -1.40. The summed E-state index contributed by atoms with van der Waals surface area (Å²) in [7, 11) is 0. The molecule has 12 nitrogen and oxygen atoms in total. The zero-order valence-electron chi connectivity index (χ0n) is 18.6. The molecule has 0 aromatic carbocycles. The summed E-state index contributed by atoms with van der Waals surface area (Å²) in [5, 5.41) is 0. The molecular weight excluding hydrogens is 432 g/mol. The molecule has 0 amide bonds. The normalized spacial score (nSPS) is 24.6. The highest BCUT2D eigenvalue weighted by Crippen LogP contribution is 2.30. The Bertz CT molecular complexity index is 730. The molecule has 12 heteroatoms. The summed E-state index contributed by atoms with van der Waals surface area (Å²) in [6, 6.07) is 0. The summed E-state index contributed by atoms with van der Waals surface area (Å²) in [5.41, 5.74) is -0.0558. The monoisotopic (exact) mass is 460 g/mol. The van der Waals surface area contributed by atoms with Gasteiger partial charge in [-0.3, -0.25) is 19.2 Å². The smallest absolute Gasteiger partial charge is 0.335 e. The summed E-state index contributed by atoms with van der Waals surface area (Å²) in [6.07, 6.45) is -6.60. The van der Waals surface area contributed by atoms with Crippen molar-refractivity contribution in [1.29, 1.82) is 0 Å². The number of hydrogen-bond donors (Lipinski definition) is 0. The van der Waals surface area contributed by atoms with Gasteiger partial charge in [-0.1, -0.05) is 6.58 Å². The second-order valence-corrected chi connectivity index (χ2v) is 6.70. The maximum atomic E-state index is 11.8. The molecule has 0 saturated carbocycles. The number of ether oxygens (including phenoxy) is 7. The van der Waals surface area contributed by atoms with Crippen LogP contribution in [0.25, 0.3) is 0 Å². The lowest BCUT2D eigenvalue weighted by Crippen LogP contribution is -2.63. The van der Waals surface area contributed by atoms with E-state index in [0.29, 0.717) is 0 Å². The standard InChI is InChI=1S/C20H28O12/c1-7-26-19(25)10(2)8-28-20-18(31-14(6)24)17(30-13(5)23)16(29-12(4)22)15(32-20)9-27-11(3)21/h15-18,20H,2,7-9H2,1,3-6H3/t15-,16-,17+,18-,20-/m1/s1. The first kappa shape index (κ1) is 27.0. The van der Waals surface area contributed by atoms with Crippen molar-refractivity contribution >= 4 is 29.8 Å². The fourth-order valence-corrected chi connectivity index (χ4v) is 2.80. The largest absolute Gasteiger partial charge is 0.463 e. The van der Waals surface area contributed by atoms with Gasteiger partial charge in [-0.25, -0.2) is 4.79 Å². The van der Waals surface area contributed by atoms with Gasteiger partial charge in [0.15, 0.2) is 24.6 Å². The van der Waals surface area contributed by atoms with Crippen LogP contribution in [0.15, 0.2) is 12.2 Å². The van der Waals surface area contributed by atoms with E-state index in [4.69, 9.17) is 33.2 Å². The highest BCUT2D eigenvalue weighted by Gasteiger charge is 2.52. The number of esters is 5. The van der Waals surface area contributed by atoms with Gasteiger partial charge < -0.3 is 33.2 Å². The summed E-state index contributed by atoms with van der Waals surface area (Å²) in [4.78, 5) is 58.2. The minimum absolute atomic E-state index is 0.0558. The van der Waals surface area contributed by atoms with Gasteiger partial charge in [0, 0.05) is 27.7 Å². The molecule has 1 fully saturated rings. The Morgan fingerprint density at radius 1 is 0.781 bits per heavy atom. The number of hydrogen-bond acceptors (Lipinski definition) is 12. The van der Waals surface area contributed by atoms with Crippen LogP contribution in [0, 0.1) is 0 Å². The molecule has 1 rings (SSSR count). The van der Waals surface area contributed by atoms with Crippen molar-refractivity contribution in [2.24, 2.45) is 0 Å². The van der Waals surface area contributed by atoms with Crippen molar-refractivity contribution in [3.8, 4) is 0 Å². The van der Waals surface area contributed by atoms with Gasteiger partial charge in [0.25, 0.3) is 0 Å². The first-order chi connectivity index (χ1) is 15.0. The summed E-state index contributed by atoms with van der Waals surface area (Å²) in [5.74, 6) is -3.64. The van der Waals surface area contributed by atoms with Gasteiger partial charge in [-0.15, -0.1) is 0 Å². The van der Waals surface area contributed by atoms with Crippen molar-refractivity contribution in [2.75, 3.05) is 19.8 Å². The quantitative estimate of drug-likeness (QED) is 0.249. The number of carbonyl (C=O) groups is 5. The van der Waals surface area contributed by atoms with Crippen LogP contribution in [0.3, 0.4) is 0 Å². The predicted octanol–water partition coefficient (Wildman–Crippen LogP) is 0.205. The molecular formula is C20H28O12. The van der Waals surface area contributed by atoms with Crippen molar-refractivity contribution in [1.82, 2.24) is 0 Å². The van der Waals surface area contributed by atoms with Gasteiger partial charge >= 0.3 is 29.8 Å². The highest BCUT2D eigenvalue weighted by molar-refractivity contribution is 5.87. The fourth-order valence-electron chi connectivity index (χ4n) is 2.80. The molecule has 5 atom stereocenters. The molecule has 1 aliphatic heterocycles. The van der Waals surface area contributed by atoms with E-state index in [-0.39, 0.29) is 18.8 Å². The fraction of sp³-hybridized carbons (Fsp3) is 0.650. The van der Waals surface area contributed by atoms with E-state index >= 15 is 0 Å². The van der Waals surface area contributed by atoms with E-state index in [2.05, 4.69) is 6.58 Å². The summed E-state index contributed by atoms with van der Waals surface area (Å²) >= 11 is 0. The third-order valence-electron chi connectivity index (χ3n) is 3.93. The van der Waals surface area contributed by atoms with E-state index in [0.717, 1.165) is 27.7 Å². The molecule has 0 aromatic heterocycles. The molecule has 1 heterocycles. The molecule has 0 unspecified atom stereocenters. The Morgan fingerprint density at radius 3 is 1.81 bits per heavy atom. The first-order valence-corrected chi connectivity index (χ1v) is 9.73. The zero-order chi connectivity index (χ0) is 24.4. The maximum Gasteiger partial charge on any atom is 0.335 e. The van der Waals surface area contributed by atoms with Crippen LogP contribution in [-0.2, 0) is 57.1 Å². The second kappa shape index (κ2) is 12.8. The Morgan fingerprint density at radius 2 is 1.31 bits per heavy atom. The molecule has 0 aliphatic carbocycles. The maximum absolute atomic E-state index is 11.8. The Balaban J connectivity index is 3.24. The van der Waals surface area contributed by atoms with Crippen molar-refractivity contribution in [3.05, 3.63) is 12.2 Å². The predicted molar refractivity (Wildman–Crippen MR) is 104 cm³/mol. The molecule has 1 saturated heterocycles. The van der Waals surface area contributed by atoms with E-state index in [1.54, 1.807) is 6.92 Å². The van der Waals surface area contributed by atoms with Crippen molar-refractivity contribution < 1.29 is 57.1 Å².